The molecule has 4 rings (SSSR count). The molecular weight excluding hydrogens is 491 g/mol. The minimum atomic E-state index is -4.65. The number of carbonyl (C=O) groups is 1. The number of nitrogens with one attached hydrogen (secondary N) is 2. The highest BCUT2D eigenvalue weighted by Gasteiger charge is 2.32. The number of fused-ring (bicyclic) bond motifs is 1. The lowest BCUT2D eigenvalue weighted by Gasteiger charge is -2.28. The Morgan fingerprint density at radius 1 is 1.11 bits per heavy atom. The first-order valence-corrected chi connectivity index (χ1v) is 13.8. The molecule has 0 spiro atoms. The number of hydrogen-bond donors (Lipinski definition) is 2. The molecule has 1 amide bonds. The summed E-state index contributed by atoms with van der Waals surface area (Å²) in [4.78, 5) is 14.7. The Kier molecular flexibility index (Phi) is 8.06. The van der Waals surface area contributed by atoms with Crippen LogP contribution >= 0.6 is 0 Å². The Balaban J connectivity index is 1.35. The highest BCUT2D eigenvalue weighted by molar-refractivity contribution is 7.89. The first kappa shape index (κ1) is 26.6. The maximum Gasteiger partial charge on any atom is 0.416 e. The van der Waals surface area contributed by atoms with E-state index in [0.717, 1.165) is 62.7 Å². The van der Waals surface area contributed by atoms with E-state index in [1.165, 1.54) is 30.9 Å². The van der Waals surface area contributed by atoms with Gasteiger partial charge in [0.05, 0.1) is 16.5 Å². The quantitative estimate of drug-likeness (QED) is 0.532. The number of hydrogen-bond acceptors (Lipinski definition) is 4. The van der Waals surface area contributed by atoms with Crippen LogP contribution in [0.1, 0.15) is 67.3 Å². The van der Waals surface area contributed by atoms with Crippen LogP contribution in [0, 0.1) is 0 Å². The van der Waals surface area contributed by atoms with Crippen LogP contribution in [0.2, 0.25) is 0 Å². The van der Waals surface area contributed by atoms with Crippen LogP contribution in [0.5, 0.6) is 0 Å². The fourth-order valence-corrected chi connectivity index (χ4v) is 6.35. The van der Waals surface area contributed by atoms with E-state index in [-0.39, 0.29) is 18.4 Å². The number of carbonyl (C=O) groups excluding carboxylic acids is 1. The van der Waals surface area contributed by atoms with Gasteiger partial charge in [-0.2, -0.15) is 13.2 Å². The second-order valence-electron chi connectivity index (χ2n) is 9.78. The highest BCUT2D eigenvalue weighted by atomic mass is 32.2. The molecule has 1 aliphatic carbocycles. The van der Waals surface area contributed by atoms with Crippen LogP contribution in [-0.2, 0) is 34.0 Å². The molecule has 2 N–H and O–H groups in total. The summed E-state index contributed by atoms with van der Waals surface area (Å²) in [5.41, 5.74) is 2.56. The van der Waals surface area contributed by atoms with Crippen molar-refractivity contribution in [2.45, 2.75) is 75.1 Å². The Hall–Kier alpha value is -2.43. The number of alkyl halides is 3. The van der Waals surface area contributed by atoms with Gasteiger partial charge in [0.25, 0.3) is 0 Å². The van der Waals surface area contributed by atoms with Crippen LogP contribution in [0.3, 0.4) is 0 Å². The number of amides is 1. The molecule has 0 aromatic heterocycles. The van der Waals surface area contributed by atoms with E-state index < -0.39 is 32.7 Å². The van der Waals surface area contributed by atoms with E-state index in [2.05, 4.69) is 33.1 Å². The summed E-state index contributed by atoms with van der Waals surface area (Å²) in [5.74, 6) is -0.312. The van der Waals surface area contributed by atoms with Gasteiger partial charge in [-0.25, -0.2) is 13.1 Å². The standard InChI is InChI=1S/C26H32F3N3O3S/c1-18(31-36(34,35)22-8-5-7-21(16-22)26(27,28)29)14-25(33)30-24-9-4-6-20-15-19(10-11-23(20)24)17-32-12-2-3-13-32/h5,7-8,10-11,15-16,18,24,31H,2-4,6,9,12-14,17H2,1H3,(H,30,33)/t18-,24+/m0/s1. The van der Waals surface area contributed by atoms with E-state index in [1.54, 1.807) is 0 Å². The minimum Gasteiger partial charge on any atom is -0.349 e. The molecule has 36 heavy (non-hydrogen) atoms. The van der Waals surface area contributed by atoms with Crippen LogP contribution in [-0.4, -0.2) is 38.4 Å². The SMILES string of the molecule is C[C@@H](CC(=O)N[C@@H]1CCCc2cc(CN3CCCC3)ccc21)NS(=O)(=O)c1cccc(C(F)(F)F)c1. The number of aryl methyl sites for hydroxylation is 1. The molecule has 1 heterocycles. The van der Waals surface area contributed by atoms with E-state index in [9.17, 15) is 26.4 Å². The van der Waals surface area contributed by atoms with Crippen molar-refractivity contribution < 1.29 is 26.4 Å². The summed E-state index contributed by atoms with van der Waals surface area (Å²) in [6.07, 6.45) is 0.417. The number of sulfonamides is 1. The fraction of sp³-hybridized carbons (Fsp3) is 0.500. The third kappa shape index (κ3) is 6.66. The number of rotatable bonds is 8. The van der Waals surface area contributed by atoms with Gasteiger partial charge in [-0.1, -0.05) is 24.3 Å². The van der Waals surface area contributed by atoms with Gasteiger partial charge in [-0.15, -0.1) is 0 Å². The molecule has 2 atom stereocenters. The highest BCUT2D eigenvalue weighted by Crippen LogP contribution is 2.32. The lowest BCUT2D eigenvalue weighted by atomic mass is 9.86. The molecule has 1 fully saturated rings. The second-order valence-corrected chi connectivity index (χ2v) is 11.5. The zero-order valence-electron chi connectivity index (χ0n) is 20.3. The predicted molar refractivity (Wildman–Crippen MR) is 131 cm³/mol. The molecule has 2 aromatic rings. The average Bonchev–Trinajstić information content (AvgIpc) is 3.31. The number of benzene rings is 2. The molecule has 0 unspecified atom stereocenters. The van der Waals surface area contributed by atoms with E-state index in [1.807, 2.05) is 0 Å². The van der Waals surface area contributed by atoms with Crippen molar-refractivity contribution in [1.29, 1.82) is 0 Å². The van der Waals surface area contributed by atoms with Crippen molar-refractivity contribution >= 4 is 15.9 Å². The number of nitrogens with zero attached hydrogens (tertiary/aromatic N) is 1. The van der Waals surface area contributed by atoms with Crippen molar-refractivity contribution in [2.75, 3.05) is 13.1 Å². The molecule has 2 aliphatic rings. The first-order valence-electron chi connectivity index (χ1n) is 12.3. The van der Waals surface area contributed by atoms with Crippen molar-refractivity contribution in [3.63, 3.8) is 0 Å². The molecule has 1 aliphatic heterocycles. The van der Waals surface area contributed by atoms with Crippen LogP contribution in [0.4, 0.5) is 13.2 Å². The summed E-state index contributed by atoms with van der Waals surface area (Å²) < 4.78 is 66.4. The predicted octanol–water partition coefficient (Wildman–Crippen LogP) is 4.55. The molecule has 196 valence electrons. The number of likely N-dealkylation sites (tertiary alicyclic amines) is 1. The van der Waals surface area contributed by atoms with E-state index in [4.69, 9.17) is 0 Å². The molecule has 6 nitrogen and oxygen atoms in total. The molecule has 1 saturated heterocycles. The van der Waals surface area contributed by atoms with Gasteiger partial charge in [0, 0.05) is 19.0 Å². The smallest absolute Gasteiger partial charge is 0.349 e. The molecule has 10 heteroatoms. The fourth-order valence-electron chi connectivity index (χ4n) is 5.06. The summed E-state index contributed by atoms with van der Waals surface area (Å²) >= 11 is 0. The lowest BCUT2D eigenvalue weighted by molar-refractivity contribution is -0.137. The molecule has 2 aromatic carbocycles. The third-order valence-corrected chi connectivity index (χ3v) is 8.37. The van der Waals surface area contributed by atoms with Gasteiger partial charge in [0.15, 0.2) is 0 Å². The Bertz CT molecular complexity index is 1190. The van der Waals surface area contributed by atoms with E-state index >= 15 is 0 Å². The van der Waals surface area contributed by atoms with Crippen molar-refractivity contribution in [1.82, 2.24) is 14.9 Å². The largest absolute Gasteiger partial charge is 0.416 e. The first-order chi connectivity index (χ1) is 17.0. The van der Waals surface area contributed by atoms with Gasteiger partial charge in [-0.05, 0) is 87.0 Å². The Morgan fingerprint density at radius 2 is 1.86 bits per heavy atom. The van der Waals surface area contributed by atoms with Gasteiger partial charge in [0.2, 0.25) is 15.9 Å². The molecule has 0 bridgehead atoms. The maximum absolute atomic E-state index is 13.0. The van der Waals surface area contributed by atoms with Crippen LogP contribution in [0.15, 0.2) is 47.4 Å². The third-order valence-electron chi connectivity index (χ3n) is 6.78. The molecule has 0 radical (unpaired) electrons. The summed E-state index contributed by atoms with van der Waals surface area (Å²) in [5, 5.41) is 3.02. The van der Waals surface area contributed by atoms with Gasteiger partial charge in [0.1, 0.15) is 0 Å². The Labute approximate surface area is 210 Å². The van der Waals surface area contributed by atoms with Crippen molar-refractivity contribution in [2.24, 2.45) is 0 Å². The normalized spacial score (nSPS) is 19.6. The second kappa shape index (κ2) is 10.9. The topological polar surface area (TPSA) is 78.5 Å². The molecular formula is C26H32F3N3O3S. The summed E-state index contributed by atoms with van der Waals surface area (Å²) in [6.45, 7) is 4.72. The van der Waals surface area contributed by atoms with Crippen LogP contribution in [0.25, 0.3) is 0 Å². The minimum absolute atomic E-state index is 0.128. The van der Waals surface area contributed by atoms with Crippen molar-refractivity contribution in [3.05, 3.63) is 64.7 Å². The van der Waals surface area contributed by atoms with Gasteiger partial charge >= 0.3 is 6.18 Å². The van der Waals surface area contributed by atoms with Gasteiger partial charge in [-0.3, -0.25) is 9.69 Å². The average molecular weight is 524 g/mol. The lowest BCUT2D eigenvalue weighted by Crippen LogP contribution is -2.39. The Morgan fingerprint density at radius 3 is 2.58 bits per heavy atom. The maximum atomic E-state index is 13.0. The summed E-state index contributed by atoms with van der Waals surface area (Å²) in [6, 6.07) is 9.05. The zero-order chi connectivity index (χ0) is 25.9. The van der Waals surface area contributed by atoms with E-state index in [0.29, 0.717) is 6.07 Å². The summed E-state index contributed by atoms with van der Waals surface area (Å²) in [7, 11) is -4.22. The zero-order valence-corrected chi connectivity index (χ0v) is 21.1. The van der Waals surface area contributed by atoms with Crippen molar-refractivity contribution in [3.8, 4) is 0 Å². The van der Waals surface area contributed by atoms with Crippen LogP contribution < -0.4 is 10.0 Å². The number of halogens is 3. The van der Waals surface area contributed by atoms with Gasteiger partial charge < -0.3 is 5.32 Å². The molecule has 0 saturated carbocycles. The monoisotopic (exact) mass is 523 g/mol.